The molecular formula is C20H19NO8. The van der Waals surface area contributed by atoms with Gasteiger partial charge in [-0.15, -0.1) is 0 Å². The summed E-state index contributed by atoms with van der Waals surface area (Å²) in [6, 6.07) is 6.66. The third-order valence-corrected chi connectivity index (χ3v) is 5.32. The van der Waals surface area contributed by atoms with E-state index in [0.29, 0.717) is 11.4 Å². The Kier molecular flexibility index (Phi) is 4.42. The molecule has 0 aromatic heterocycles. The molecule has 0 spiro atoms. The first kappa shape index (κ1) is 19.1. The molecule has 2 fully saturated rings. The number of methoxy groups -OCH3 is 1. The molecule has 1 aromatic rings. The average Bonchev–Trinajstić information content (AvgIpc) is 3.32. The van der Waals surface area contributed by atoms with Crippen molar-refractivity contribution >= 4 is 29.4 Å². The Balaban J connectivity index is 1.77. The fraction of sp³-hybridized carbons (Fsp3) is 0.400. The van der Waals surface area contributed by atoms with Gasteiger partial charge in [-0.1, -0.05) is 18.2 Å². The van der Waals surface area contributed by atoms with E-state index in [0.717, 1.165) is 18.7 Å². The van der Waals surface area contributed by atoms with Crippen LogP contribution in [-0.2, 0) is 33.4 Å². The highest BCUT2D eigenvalue weighted by Gasteiger charge is 2.72. The van der Waals surface area contributed by atoms with Gasteiger partial charge in [-0.25, -0.2) is 4.90 Å². The zero-order valence-corrected chi connectivity index (χ0v) is 16.0. The number of carbonyl (C=O) groups excluding carboxylic acids is 4. The van der Waals surface area contributed by atoms with Gasteiger partial charge in [0.15, 0.2) is 5.60 Å². The maximum Gasteiger partial charge on any atom is 0.305 e. The van der Waals surface area contributed by atoms with Crippen molar-refractivity contribution in [2.24, 2.45) is 11.8 Å². The van der Waals surface area contributed by atoms with Crippen molar-refractivity contribution < 1.29 is 38.1 Å². The van der Waals surface area contributed by atoms with Crippen LogP contribution < -0.4 is 9.64 Å². The van der Waals surface area contributed by atoms with Crippen molar-refractivity contribution in [1.82, 2.24) is 0 Å². The number of carbonyl (C=O) groups is 4. The van der Waals surface area contributed by atoms with E-state index in [1.54, 1.807) is 30.3 Å². The van der Waals surface area contributed by atoms with Gasteiger partial charge in [0, 0.05) is 13.8 Å². The third-order valence-electron chi connectivity index (χ3n) is 5.32. The number of hydrogen-bond donors (Lipinski definition) is 0. The molecule has 0 N–H and O–H groups in total. The lowest BCUT2D eigenvalue weighted by Crippen LogP contribution is -2.52. The summed E-state index contributed by atoms with van der Waals surface area (Å²) in [6.45, 7) is 2.30. The summed E-state index contributed by atoms with van der Waals surface area (Å²) in [5.74, 6) is -3.91. The molecule has 9 nitrogen and oxygen atoms in total. The summed E-state index contributed by atoms with van der Waals surface area (Å²) in [4.78, 5) is 50.8. The summed E-state index contributed by atoms with van der Waals surface area (Å²) in [7, 11) is 1.44. The number of hydrogen-bond acceptors (Lipinski definition) is 8. The van der Waals surface area contributed by atoms with Gasteiger partial charge in [-0.2, -0.15) is 0 Å². The number of para-hydroxylation sites is 2. The number of anilines is 1. The van der Waals surface area contributed by atoms with Crippen LogP contribution in [0.15, 0.2) is 36.4 Å². The summed E-state index contributed by atoms with van der Waals surface area (Å²) < 4.78 is 21.6. The first-order valence-corrected chi connectivity index (χ1v) is 9.02. The number of fused-ring (bicyclic) bond motifs is 5. The molecule has 3 aliphatic rings. The van der Waals surface area contributed by atoms with E-state index in [9.17, 15) is 19.2 Å². The largest absolute Gasteiger partial charge is 0.495 e. The number of rotatable bonds is 5. The predicted molar refractivity (Wildman–Crippen MR) is 96.5 cm³/mol. The second-order valence-electron chi connectivity index (χ2n) is 7.03. The lowest BCUT2D eigenvalue weighted by molar-refractivity contribution is -0.226. The minimum atomic E-state index is -1.57. The average molecular weight is 401 g/mol. The van der Waals surface area contributed by atoms with Crippen LogP contribution in [0.25, 0.3) is 0 Å². The van der Waals surface area contributed by atoms with E-state index in [4.69, 9.17) is 18.9 Å². The van der Waals surface area contributed by atoms with Crippen molar-refractivity contribution in [3.05, 3.63) is 36.4 Å². The zero-order chi connectivity index (χ0) is 20.9. The van der Waals surface area contributed by atoms with Crippen LogP contribution in [0.3, 0.4) is 0 Å². The van der Waals surface area contributed by atoms with E-state index >= 15 is 0 Å². The van der Waals surface area contributed by atoms with Crippen LogP contribution in [0.5, 0.6) is 5.75 Å². The van der Waals surface area contributed by atoms with E-state index in [-0.39, 0.29) is 0 Å². The van der Waals surface area contributed by atoms with E-state index < -0.39 is 53.6 Å². The van der Waals surface area contributed by atoms with Crippen molar-refractivity contribution in [1.29, 1.82) is 0 Å². The van der Waals surface area contributed by atoms with Crippen LogP contribution in [-0.4, -0.2) is 48.9 Å². The minimum Gasteiger partial charge on any atom is -0.495 e. The molecule has 152 valence electrons. The molecule has 3 heterocycles. The predicted octanol–water partition coefficient (Wildman–Crippen LogP) is 0.960. The van der Waals surface area contributed by atoms with Crippen LogP contribution in [0.4, 0.5) is 5.69 Å². The van der Waals surface area contributed by atoms with E-state index in [1.807, 2.05) is 0 Å². The van der Waals surface area contributed by atoms with Crippen LogP contribution >= 0.6 is 0 Å². The van der Waals surface area contributed by atoms with Crippen LogP contribution in [0, 0.1) is 11.8 Å². The van der Waals surface area contributed by atoms with Gasteiger partial charge in [0.25, 0.3) is 6.29 Å². The fourth-order valence-corrected chi connectivity index (χ4v) is 4.27. The molecule has 4 rings (SSSR count). The quantitative estimate of drug-likeness (QED) is 0.311. The monoisotopic (exact) mass is 401 g/mol. The number of amides is 2. The standard InChI is InChI=1S/C20H19NO8/c1-10(22)27-19(28-11(2)23)20-9-8-14(29-20)15-16(20)18(25)21(17(15)24)12-6-4-5-7-13(12)26-3/h4-9,14-16,19H,1-3H3/t14-,15-,16+,20+/m0/s1. The smallest absolute Gasteiger partial charge is 0.305 e. The molecule has 2 amide bonds. The highest BCUT2D eigenvalue weighted by atomic mass is 16.7. The summed E-state index contributed by atoms with van der Waals surface area (Å²) in [5.41, 5.74) is -1.26. The second-order valence-corrected chi connectivity index (χ2v) is 7.03. The minimum absolute atomic E-state index is 0.311. The van der Waals surface area contributed by atoms with Crippen molar-refractivity contribution in [2.45, 2.75) is 31.8 Å². The maximum absolute atomic E-state index is 13.4. The van der Waals surface area contributed by atoms with Gasteiger partial charge < -0.3 is 18.9 Å². The molecule has 29 heavy (non-hydrogen) atoms. The SMILES string of the molecule is COc1ccccc1N1C(=O)[C@H]2[C@@H]3C=C[C@@](C(OC(C)=O)OC(C)=O)(O3)[C@H]2C1=O. The second kappa shape index (κ2) is 6.70. The maximum atomic E-state index is 13.4. The summed E-state index contributed by atoms with van der Waals surface area (Å²) in [6.07, 6.45) is 0.956. The molecule has 9 heteroatoms. The number of esters is 2. The van der Waals surface area contributed by atoms with Crippen LogP contribution in [0.2, 0.25) is 0 Å². The molecule has 0 unspecified atom stereocenters. The molecule has 2 bridgehead atoms. The molecule has 3 aliphatic heterocycles. The Morgan fingerprint density at radius 1 is 1.10 bits per heavy atom. The van der Waals surface area contributed by atoms with Gasteiger partial charge in [0.1, 0.15) is 5.75 Å². The fourth-order valence-electron chi connectivity index (χ4n) is 4.27. The molecular weight excluding hydrogens is 382 g/mol. The lowest BCUT2D eigenvalue weighted by Gasteiger charge is -2.34. The van der Waals surface area contributed by atoms with Gasteiger partial charge in [-0.05, 0) is 18.2 Å². The zero-order valence-electron chi connectivity index (χ0n) is 16.0. The van der Waals surface area contributed by atoms with Crippen molar-refractivity contribution in [3.63, 3.8) is 0 Å². The lowest BCUT2D eigenvalue weighted by atomic mass is 9.76. The molecule has 2 saturated heterocycles. The Morgan fingerprint density at radius 3 is 2.38 bits per heavy atom. The van der Waals surface area contributed by atoms with Crippen molar-refractivity contribution in [3.8, 4) is 5.75 Å². The normalized spacial score (nSPS) is 29.4. The topological polar surface area (TPSA) is 108 Å². The molecule has 4 atom stereocenters. The molecule has 0 saturated carbocycles. The number of nitrogens with zero attached hydrogens (tertiary/aromatic N) is 1. The first-order chi connectivity index (χ1) is 13.8. The molecule has 1 aromatic carbocycles. The summed E-state index contributed by atoms with van der Waals surface area (Å²) >= 11 is 0. The highest BCUT2D eigenvalue weighted by molar-refractivity contribution is 6.24. The summed E-state index contributed by atoms with van der Waals surface area (Å²) in [5, 5.41) is 0. The van der Waals surface area contributed by atoms with Crippen LogP contribution in [0.1, 0.15) is 13.8 Å². The number of benzene rings is 1. The Hall–Kier alpha value is -3.20. The number of ether oxygens (including phenoxy) is 4. The van der Waals surface area contributed by atoms with Gasteiger partial charge in [0.2, 0.25) is 11.8 Å². The first-order valence-electron chi connectivity index (χ1n) is 9.02. The van der Waals surface area contributed by atoms with Crippen molar-refractivity contribution in [2.75, 3.05) is 12.0 Å². The molecule has 0 radical (unpaired) electrons. The van der Waals surface area contributed by atoms with Gasteiger partial charge in [-0.3, -0.25) is 19.2 Å². The third kappa shape index (κ3) is 2.72. The Bertz CT molecular complexity index is 924. The van der Waals surface area contributed by atoms with E-state index in [1.165, 1.54) is 13.2 Å². The Labute approximate surface area is 166 Å². The molecule has 0 aliphatic carbocycles. The van der Waals surface area contributed by atoms with E-state index in [2.05, 4.69) is 0 Å². The number of imide groups is 1. The Morgan fingerprint density at radius 2 is 1.76 bits per heavy atom. The van der Waals surface area contributed by atoms with Gasteiger partial charge >= 0.3 is 11.9 Å². The highest BCUT2D eigenvalue weighted by Crippen LogP contribution is 2.55. The van der Waals surface area contributed by atoms with Gasteiger partial charge in [0.05, 0.1) is 30.7 Å².